The number of phenolic OH excluding ortho intramolecular Hbond substituents is 2. The van der Waals surface area contributed by atoms with Gasteiger partial charge < -0.3 is 15.4 Å². The molecule has 0 aliphatic heterocycles. The summed E-state index contributed by atoms with van der Waals surface area (Å²) in [4.78, 5) is 0. The van der Waals surface area contributed by atoms with Crippen LogP contribution in [0.1, 0.15) is 5.56 Å². The molecule has 0 heterocycles. The molecular formula is C13H9ClFNO3. The van der Waals surface area contributed by atoms with Gasteiger partial charge in [0, 0.05) is 11.1 Å². The van der Waals surface area contributed by atoms with E-state index in [-0.39, 0.29) is 16.3 Å². The van der Waals surface area contributed by atoms with Gasteiger partial charge in [0.2, 0.25) is 0 Å². The largest absolute Gasteiger partial charge is 0.506 e. The Morgan fingerprint density at radius 1 is 1.16 bits per heavy atom. The average molecular weight is 282 g/mol. The first kappa shape index (κ1) is 13.2. The summed E-state index contributed by atoms with van der Waals surface area (Å²) < 4.78 is 13.3. The third-order valence-corrected chi connectivity index (χ3v) is 2.99. The van der Waals surface area contributed by atoms with Gasteiger partial charge in [0.05, 0.1) is 11.2 Å². The summed E-state index contributed by atoms with van der Waals surface area (Å²) in [5.74, 6) is -1.52. The van der Waals surface area contributed by atoms with Crippen LogP contribution in [0.2, 0.25) is 5.02 Å². The van der Waals surface area contributed by atoms with Gasteiger partial charge in [0.1, 0.15) is 5.75 Å². The second-order valence-corrected chi connectivity index (χ2v) is 4.15. The topological polar surface area (TPSA) is 73.1 Å². The number of benzene rings is 2. The first-order chi connectivity index (χ1) is 9.04. The third kappa shape index (κ3) is 2.46. The van der Waals surface area contributed by atoms with Crippen molar-refractivity contribution in [3.05, 3.63) is 46.7 Å². The van der Waals surface area contributed by atoms with Crippen molar-refractivity contribution in [2.24, 2.45) is 5.16 Å². The summed E-state index contributed by atoms with van der Waals surface area (Å²) >= 11 is 5.98. The van der Waals surface area contributed by atoms with Crippen LogP contribution in [0, 0.1) is 5.82 Å². The molecule has 0 unspecified atom stereocenters. The number of hydrogen-bond acceptors (Lipinski definition) is 4. The van der Waals surface area contributed by atoms with Crippen molar-refractivity contribution in [3.63, 3.8) is 0 Å². The molecule has 19 heavy (non-hydrogen) atoms. The van der Waals surface area contributed by atoms with Gasteiger partial charge in [0.15, 0.2) is 11.6 Å². The highest BCUT2D eigenvalue weighted by Gasteiger charge is 2.13. The molecule has 4 nitrogen and oxygen atoms in total. The molecule has 0 saturated carbocycles. The van der Waals surface area contributed by atoms with Crippen LogP contribution < -0.4 is 0 Å². The molecule has 0 aliphatic rings. The summed E-state index contributed by atoms with van der Waals surface area (Å²) in [6.45, 7) is 0. The van der Waals surface area contributed by atoms with Crippen molar-refractivity contribution >= 4 is 17.8 Å². The molecular weight excluding hydrogens is 273 g/mol. The predicted molar refractivity (Wildman–Crippen MR) is 69.6 cm³/mol. The summed E-state index contributed by atoms with van der Waals surface area (Å²) in [5.41, 5.74) is 1.03. The van der Waals surface area contributed by atoms with Crippen molar-refractivity contribution in [1.82, 2.24) is 0 Å². The van der Waals surface area contributed by atoms with E-state index in [0.717, 1.165) is 12.3 Å². The van der Waals surface area contributed by atoms with Crippen LogP contribution in [0.5, 0.6) is 11.5 Å². The van der Waals surface area contributed by atoms with E-state index in [1.165, 1.54) is 18.2 Å². The first-order valence-corrected chi connectivity index (χ1v) is 5.60. The van der Waals surface area contributed by atoms with Crippen LogP contribution in [0.25, 0.3) is 11.1 Å². The molecule has 2 aromatic carbocycles. The number of rotatable bonds is 2. The highest BCUT2D eigenvalue weighted by atomic mass is 35.5. The number of oxime groups is 1. The fraction of sp³-hybridized carbons (Fsp3) is 0. The molecule has 0 radical (unpaired) electrons. The van der Waals surface area contributed by atoms with Gasteiger partial charge in [-0.15, -0.1) is 0 Å². The summed E-state index contributed by atoms with van der Waals surface area (Å²) in [6, 6.07) is 6.79. The molecule has 0 aromatic heterocycles. The van der Waals surface area contributed by atoms with Gasteiger partial charge in [-0.2, -0.15) is 0 Å². The standard InChI is InChI=1S/C13H9ClFNO3/c14-12-9(3-1-8(6-16-19)13(12)18)7-2-4-11(17)10(15)5-7/h1-6,17-19H/b16-6+. The van der Waals surface area contributed by atoms with Crippen molar-refractivity contribution in [3.8, 4) is 22.6 Å². The summed E-state index contributed by atoms with van der Waals surface area (Å²) in [5, 5.41) is 30.2. The Labute approximate surface area is 113 Å². The van der Waals surface area contributed by atoms with E-state index in [4.69, 9.17) is 21.9 Å². The van der Waals surface area contributed by atoms with Crippen molar-refractivity contribution in [2.45, 2.75) is 0 Å². The molecule has 0 fully saturated rings. The van der Waals surface area contributed by atoms with Crippen molar-refractivity contribution in [1.29, 1.82) is 0 Å². The van der Waals surface area contributed by atoms with E-state index in [9.17, 15) is 9.50 Å². The summed E-state index contributed by atoms with van der Waals surface area (Å²) in [7, 11) is 0. The fourth-order valence-electron chi connectivity index (χ4n) is 1.64. The van der Waals surface area contributed by atoms with Crippen LogP contribution in [0.15, 0.2) is 35.5 Å². The smallest absolute Gasteiger partial charge is 0.165 e. The Hall–Kier alpha value is -2.27. The molecule has 0 bridgehead atoms. The zero-order valence-corrected chi connectivity index (χ0v) is 10.3. The highest BCUT2D eigenvalue weighted by molar-refractivity contribution is 6.35. The molecule has 98 valence electrons. The van der Waals surface area contributed by atoms with E-state index in [2.05, 4.69) is 5.16 Å². The Kier molecular flexibility index (Phi) is 3.57. The normalized spacial score (nSPS) is 11.1. The maximum absolute atomic E-state index is 13.3. The Morgan fingerprint density at radius 2 is 1.89 bits per heavy atom. The number of halogens is 2. The van der Waals surface area contributed by atoms with Gasteiger partial charge in [-0.05, 0) is 23.8 Å². The quantitative estimate of drug-likeness (QED) is 0.449. The molecule has 0 amide bonds. The van der Waals surface area contributed by atoms with Crippen LogP contribution in [0.3, 0.4) is 0 Å². The second kappa shape index (κ2) is 5.16. The maximum Gasteiger partial charge on any atom is 0.165 e. The van der Waals surface area contributed by atoms with Gasteiger partial charge in [-0.25, -0.2) is 4.39 Å². The second-order valence-electron chi connectivity index (χ2n) is 3.78. The number of aromatic hydroxyl groups is 2. The molecule has 2 rings (SSSR count). The fourth-order valence-corrected chi connectivity index (χ4v) is 1.92. The zero-order valence-electron chi connectivity index (χ0n) is 9.51. The highest BCUT2D eigenvalue weighted by Crippen LogP contribution is 2.37. The Bertz CT molecular complexity index is 659. The minimum Gasteiger partial charge on any atom is -0.506 e. The summed E-state index contributed by atoms with van der Waals surface area (Å²) in [6.07, 6.45) is 1.03. The molecule has 0 aliphatic carbocycles. The molecule has 6 heteroatoms. The maximum atomic E-state index is 13.3. The van der Waals surface area contributed by atoms with Crippen molar-refractivity contribution < 1.29 is 19.8 Å². The van der Waals surface area contributed by atoms with E-state index in [1.54, 1.807) is 6.07 Å². The monoisotopic (exact) mass is 281 g/mol. The molecule has 0 atom stereocenters. The van der Waals surface area contributed by atoms with Crippen LogP contribution >= 0.6 is 11.6 Å². The molecule has 3 N–H and O–H groups in total. The molecule has 0 saturated heterocycles. The van der Waals surface area contributed by atoms with E-state index < -0.39 is 11.6 Å². The Morgan fingerprint density at radius 3 is 2.53 bits per heavy atom. The lowest BCUT2D eigenvalue weighted by atomic mass is 10.0. The van der Waals surface area contributed by atoms with Crippen LogP contribution in [-0.2, 0) is 0 Å². The lowest BCUT2D eigenvalue weighted by molar-refractivity contribution is 0.321. The van der Waals surface area contributed by atoms with Crippen LogP contribution in [-0.4, -0.2) is 21.6 Å². The molecule has 0 spiro atoms. The van der Waals surface area contributed by atoms with Crippen LogP contribution in [0.4, 0.5) is 4.39 Å². The molecule has 2 aromatic rings. The van der Waals surface area contributed by atoms with Gasteiger partial charge >= 0.3 is 0 Å². The van der Waals surface area contributed by atoms with Gasteiger partial charge in [-0.1, -0.05) is 28.9 Å². The zero-order chi connectivity index (χ0) is 14.0. The lowest BCUT2D eigenvalue weighted by Crippen LogP contribution is -1.88. The number of nitrogens with zero attached hydrogens (tertiary/aromatic N) is 1. The predicted octanol–water partition coefficient (Wildman–Crippen LogP) is 3.37. The third-order valence-electron chi connectivity index (χ3n) is 2.60. The van der Waals surface area contributed by atoms with Gasteiger partial charge in [-0.3, -0.25) is 0 Å². The van der Waals surface area contributed by atoms with Crippen molar-refractivity contribution in [2.75, 3.05) is 0 Å². The first-order valence-electron chi connectivity index (χ1n) is 5.22. The minimum atomic E-state index is -0.783. The average Bonchev–Trinajstić information content (AvgIpc) is 2.39. The van der Waals surface area contributed by atoms with E-state index in [1.807, 2.05) is 0 Å². The lowest BCUT2D eigenvalue weighted by Gasteiger charge is -2.09. The minimum absolute atomic E-state index is 0.00231. The number of phenols is 2. The number of hydrogen-bond donors (Lipinski definition) is 3. The van der Waals surface area contributed by atoms with E-state index >= 15 is 0 Å². The Balaban J connectivity index is 2.57. The van der Waals surface area contributed by atoms with Gasteiger partial charge in [0.25, 0.3) is 0 Å². The van der Waals surface area contributed by atoms with E-state index in [0.29, 0.717) is 11.1 Å². The SMILES string of the molecule is O/N=C/c1ccc(-c2ccc(O)c(F)c2)c(Cl)c1O.